The summed E-state index contributed by atoms with van der Waals surface area (Å²) in [5, 5.41) is 0. The van der Waals surface area contributed by atoms with Crippen molar-refractivity contribution in [2.24, 2.45) is 0 Å². The monoisotopic (exact) mass is 424 g/mol. The van der Waals surface area contributed by atoms with Crippen molar-refractivity contribution in [2.45, 2.75) is 81.1 Å². The highest BCUT2D eigenvalue weighted by Crippen LogP contribution is 2.03. The minimum absolute atomic E-state index is 0.894. The molecule has 2 aromatic carbocycles. The second kappa shape index (κ2) is 24.0. The fourth-order valence-electron chi connectivity index (χ4n) is 2.07. The maximum atomic E-state index is 3.09. The van der Waals surface area contributed by atoms with Gasteiger partial charge >= 0.3 is 0 Å². The van der Waals surface area contributed by atoms with Crippen molar-refractivity contribution in [3.05, 3.63) is 70.8 Å². The Labute approximate surface area is 199 Å². The number of benzene rings is 2. The van der Waals surface area contributed by atoms with Crippen molar-refractivity contribution < 1.29 is 0 Å². The molecule has 32 heavy (non-hydrogen) atoms. The largest absolute Gasteiger partial charge is 0.0982 e. The molecule has 0 fully saturated rings. The van der Waals surface area contributed by atoms with Gasteiger partial charge in [-0.2, -0.15) is 0 Å². The van der Waals surface area contributed by atoms with Crippen LogP contribution in [0.1, 0.15) is 103 Å². The zero-order chi connectivity index (χ0) is 24.5. The number of hydrogen-bond donors (Lipinski definition) is 0. The SMILES string of the molecule is CC.CC.CCC#Cc1ccc(C#CCC)cc1.CCC#Cc1cccc(C#CCC)c1. The molecule has 0 spiro atoms. The van der Waals surface area contributed by atoms with Gasteiger partial charge in [-0.25, -0.2) is 0 Å². The van der Waals surface area contributed by atoms with Gasteiger partial charge < -0.3 is 0 Å². The van der Waals surface area contributed by atoms with Gasteiger partial charge in [0.25, 0.3) is 0 Å². The third kappa shape index (κ3) is 16.5. The standard InChI is InChI=1S/2C14H14.2C2H6/c1-3-5-8-13-10-7-11-14(12-13)9-6-4-2;1-3-5-7-13-9-11-14(12-10-13)8-6-4-2;2*1-2/h7,10-12H,3-4H2,1-2H3;9-12H,3-4H2,1-2H3;2*1-2H3. The molecular weight excluding hydrogens is 384 g/mol. The highest BCUT2D eigenvalue weighted by Gasteiger charge is 1.88. The zero-order valence-corrected chi connectivity index (χ0v) is 21.4. The van der Waals surface area contributed by atoms with E-state index in [0.29, 0.717) is 0 Å². The summed E-state index contributed by atoms with van der Waals surface area (Å²) in [6.07, 6.45) is 3.59. The molecule has 0 aromatic heterocycles. The summed E-state index contributed by atoms with van der Waals surface area (Å²) >= 11 is 0. The predicted molar refractivity (Wildman–Crippen MR) is 144 cm³/mol. The summed E-state index contributed by atoms with van der Waals surface area (Å²) in [4.78, 5) is 0. The lowest BCUT2D eigenvalue weighted by molar-refractivity contribution is 1.28. The minimum Gasteiger partial charge on any atom is -0.0982 e. The molecule has 0 heterocycles. The van der Waals surface area contributed by atoms with Crippen LogP contribution in [0.25, 0.3) is 0 Å². The van der Waals surface area contributed by atoms with E-state index in [1.54, 1.807) is 0 Å². The normalized spacial score (nSPS) is 7.50. The average molecular weight is 425 g/mol. The van der Waals surface area contributed by atoms with E-state index in [1.165, 1.54) is 0 Å². The molecular formula is C32H40. The van der Waals surface area contributed by atoms with Crippen molar-refractivity contribution in [1.82, 2.24) is 0 Å². The Balaban J connectivity index is 0. The van der Waals surface area contributed by atoms with Crippen LogP contribution in [-0.2, 0) is 0 Å². The Hall–Kier alpha value is -3.32. The molecule has 0 saturated carbocycles. The quantitative estimate of drug-likeness (QED) is 0.372. The van der Waals surface area contributed by atoms with Gasteiger partial charge in [0.1, 0.15) is 0 Å². The lowest BCUT2D eigenvalue weighted by atomic mass is 10.1. The van der Waals surface area contributed by atoms with Gasteiger partial charge in [0.05, 0.1) is 0 Å². The lowest BCUT2D eigenvalue weighted by Crippen LogP contribution is -1.77. The first kappa shape index (κ1) is 30.9. The molecule has 0 heteroatoms. The first-order chi connectivity index (χ1) is 15.7. The fraction of sp³-hybridized carbons (Fsp3) is 0.375. The van der Waals surface area contributed by atoms with E-state index in [-0.39, 0.29) is 0 Å². The fourth-order valence-corrected chi connectivity index (χ4v) is 2.07. The van der Waals surface area contributed by atoms with Crippen LogP contribution in [0.3, 0.4) is 0 Å². The Morgan fingerprint density at radius 1 is 0.438 bits per heavy atom. The third-order valence-corrected chi connectivity index (χ3v) is 3.39. The summed E-state index contributed by atoms with van der Waals surface area (Å²) in [5.41, 5.74) is 4.23. The molecule has 0 atom stereocenters. The zero-order valence-electron chi connectivity index (χ0n) is 21.4. The van der Waals surface area contributed by atoms with Crippen LogP contribution in [0.4, 0.5) is 0 Å². The highest BCUT2D eigenvalue weighted by molar-refractivity contribution is 5.43. The van der Waals surface area contributed by atoms with Crippen molar-refractivity contribution in [2.75, 3.05) is 0 Å². The Bertz CT molecular complexity index is 881. The first-order valence-corrected chi connectivity index (χ1v) is 11.9. The van der Waals surface area contributed by atoms with Crippen molar-refractivity contribution in [3.63, 3.8) is 0 Å². The van der Waals surface area contributed by atoms with E-state index in [0.717, 1.165) is 47.9 Å². The van der Waals surface area contributed by atoms with Gasteiger partial charge in [-0.1, -0.05) is 109 Å². The van der Waals surface area contributed by atoms with Crippen LogP contribution in [0.2, 0.25) is 0 Å². The third-order valence-electron chi connectivity index (χ3n) is 3.39. The minimum atomic E-state index is 0.894. The van der Waals surface area contributed by atoms with Crippen LogP contribution >= 0.6 is 0 Å². The molecule has 0 nitrogen and oxygen atoms in total. The van der Waals surface area contributed by atoms with E-state index in [2.05, 4.69) is 47.4 Å². The van der Waals surface area contributed by atoms with Crippen LogP contribution < -0.4 is 0 Å². The molecule has 0 aliphatic rings. The van der Waals surface area contributed by atoms with Crippen LogP contribution in [0.5, 0.6) is 0 Å². The molecule has 0 radical (unpaired) electrons. The molecule has 0 saturated heterocycles. The maximum Gasteiger partial charge on any atom is 0.0257 e. The molecule has 0 aliphatic carbocycles. The number of hydrogen-bond acceptors (Lipinski definition) is 0. The highest BCUT2D eigenvalue weighted by atomic mass is 13.9. The molecule has 2 rings (SSSR count). The second-order valence-electron chi connectivity index (χ2n) is 5.78. The molecule has 0 N–H and O–H groups in total. The van der Waals surface area contributed by atoms with Crippen molar-refractivity contribution in [3.8, 4) is 47.4 Å². The van der Waals surface area contributed by atoms with Gasteiger partial charge in [-0.05, 0) is 42.5 Å². The van der Waals surface area contributed by atoms with Crippen LogP contribution in [-0.4, -0.2) is 0 Å². The molecule has 0 aliphatic heterocycles. The Kier molecular flexibility index (Phi) is 23.1. The van der Waals surface area contributed by atoms with E-state index >= 15 is 0 Å². The van der Waals surface area contributed by atoms with Gasteiger partial charge in [-0.3, -0.25) is 0 Å². The lowest BCUT2D eigenvalue weighted by Gasteiger charge is -1.91. The molecule has 0 bridgehead atoms. The summed E-state index contributed by atoms with van der Waals surface area (Å²) in [5.74, 6) is 24.5. The van der Waals surface area contributed by atoms with Gasteiger partial charge in [0, 0.05) is 47.9 Å². The van der Waals surface area contributed by atoms with E-state index in [9.17, 15) is 0 Å². The summed E-state index contributed by atoms with van der Waals surface area (Å²) in [6.45, 7) is 16.2. The first-order valence-electron chi connectivity index (χ1n) is 11.9. The predicted octanol–water partition coefficient (Wildman–Crippen LogP) is 8.47. The molecule has 0 amide bonds. The Morgan fingerprint density at radius 2 is 0.719 bits per heavy atom. The van der Waals surface area contributed by atoms with Crippen molar-refractivity contribution >= 4 is 0 Å². The summed E-state index contributed by atoms with van der Waals surface area (Å²) < 4.78 is 0. The smallest absolute Gasteiger partial charge is 0.0257 e. The van der Waals surface area contributed by atoms with Gasteiger partial charge in [-0.15, -0.1) is 0 Å². The summed E-state index contributed by atoms with van der Waals surface area (Å²) in [7, 11) is 0. The molecule has 2 aromatic rings. The number of rotatable bonds is 0. The van der Waals surface area contributed by atoms with Gasteiger partial charge in [0.15, 0.2) is 0 Å². The maximum absolute atomic E-state index is 3.09. The molecule has 168 valence electrons. The van der Waals surface area contributed by atoms with Crippen LogP contribution in [0, 0.1) is 47.4 Å². The van der Waals surface area contributed by atoms with Crippen LogP contribution in [0.15, 0.2) is 48.5 Å². The second-order valence-corrected chi connectivity index (χ2v) is 5.78. The van der Waals surface area contributed by atoms with Gasteiger partial charge in [0.2, 0.25) is 0 Å². The van der Waals surface area contributed by atoms with E-state index < -0.39 is 0 Å². The average Bonchev–Trinajstić information content (AvgIpc) is 2.87. The van der Waals surface area contributed by atoms with E-state index in [4.69, 9.17) is 0 Å². The van der Waals surface area contributed by atoms with Crippen molar-refractivity contribution in [1.29, 1.82) is 0 Å². The summed E-state index contributed by atoms with van der Waals surface area (Å²) in [6, 6.07) is 16.1. The Morgan fingerprint density at radius 3 is 1.00 bits per heavy atom. The molecule has 0 unspecified atom stereocenters. The van der Waals surface area contributed by atoms with E-state index in [1.807, 2.05) is 104 Å². The topological polar surface area (TPSA) is 0 Å².